The molecule has 0 fully saturated rings. The van der Waals surface area contributed by atoms with Crippen LogP contribution in [0.5, 0.6) is 5.75 Å². The SMILES string of the molecule is CCCCCCCCCCCCCCCCCCSC(c1cc(C(C)(C)C)c(O)c(C)c1C)C(CCC)C(=O)OOCCCCCCCC. The van der Waals surface area contributed by atoms with E-state index in [1.165, 1.54) is 122 Å². The Kier molecular flexibility index (Phi) is 26.6. The van der Waals surface area contributed by atoms with Gasteiger partial charge in [-0.3, -0.25) is 4.89 Å². The average Bonchev–Trinajstić information content (AvgIpc) is 3.07. The Labute approximate surface area is 309 Å². The van der Waals surface area contributed by atoms with Crippen molar-refractivity contribution in [2.45, 2.75) is 220 Å². The maximum atomic E-state index is 13.6. The predicted molar refractivity (Wildman–Crippen MR) is 215 cm³/mol. The summed E-state index contributed by atoms with van der Waals surface area (Å²) in [7, 11) is 0. The lowest BCUT2D eigenvalue weighted by atomic mass is 9.80. The van der Waals surface area contributed by atoms with E-state index in [2.05, 4.69) is 54.5 Å². The quantitative estimate of drug-likeness (QED) is 0.0474. The van der Waals surface area contributed by atoms with Crippen LogP contribution in [0.3, 0.4) is 0 Å². The average molecular weight is 705 g/mol. The van der Waals surface area contributed by atoms with Crippen LogP contribution < -0.4 is 0 Å². The highest BCUT2D eigenvalue weighted by Gasteiger charge is 2.34. The van der Waals surface area contributed by atoms with Crippen LogP contribution in [0.1, 0.15) is 223 Å². The molecular formula is C44H80O4S. The van der Waals surface area contributed by atoms with Crippen molar-refractivity contribution in [1.29, 1.82) is 0 Å². The smallest absolute Gasteiger partial charge is 0.346 e. The van der Waals surface area contributed by atoms with E-state index >= 15 is 0 Å². The van der Waals surface area contributed by atoms with Gasteiger partial charge in [-0.05, 0) is 66.5 Å². The summed E-state index contributed by atoms with van der Waals surface area (Å²) < 4.78 is 0. The third-order valence-electron chi connectivity index (χ3n) is 10.3. The van der Waals surface area contributed by atoms with Gasteiger partial charge in [0.05, 0.1) is 12.5 Å². The molecule has 0 saturated carbocycles. The highest BCUT2D eigenvalue weighted by atomic mass is 32.2. The number of carbonyl (C=O) groups is 1. The molecule has 0 aromatic heterocycles. The Morgan fingerprint density at radius 2 is 1.12 bits per heavy atom. The minimum Gasteiger partial charge on any atom is -0.507 e. The van der Waals surface area contributed by atoms with Gasteiger partial charge in [0.25, 0.3) is 0 Å². The Bertz CT molecular complexity index is 969. The first-order valence-electron chi connectivity index (χ1n) is 20.9. The largest absolute Gasteiger partial charge is 0.507 e. The van der Waals surface area contributed by atoms with E-state index in [-0.39, 0.29) is 22.6 Å². The van der Waals surface area contributed by atoms with Crippen molar-refractivity contribution in [3.8, 4) is 5.75 Å². The maximum Gasteiger partial charge on any atom is 0.346 e. The molecule has 49 heavy (non-hydrogen) atoms. The molecule has 0 bridgehead atoms. The molecule has 1 rings (SSSR count). The molecule has 0 amide bonds. The number of thioether (sulfide) groups is 1. The summed E-state index contributed by atoms with van der Waals surface area (Å²) in [6.07, 6.45) is 30.5. The molecule has 0 radical (unpaired) electrons. The highest BCUT2D eigenvalue weighted by molar-refractivity contribution is 7.99. The number of unbranched alkanes of at least 4 members (excludes halogenated alkanes) is 20. The summed E-state index contributed by atoms with van der Waals surface area (Å²) in [5, 5.41) is 11.1. The summed E-state index contributed by atoms with van der Waals surface area (Å²) >= 11 is 1.90. The number of aromatic hydroxyl groups is 1. The highest BCUT2D eigenvalue weighted by Crippen LogP contribution is 2.46. The predicted octanol–water partition coefficient (Wildman–Crippen LogP) is 14.6. The number of phenols is 1. The van der Waals surface area contributed by atoms with Gasteiger partial charge in [0, 0.05) is 5.25 Å². The van der Waals surface area contributed by atoms with Gasteiger partial charge in [-0.15, -0.1) is 0 Å². The molecule has 286 valence electrons. The van der Waals surface area contributed by atoms with Crippen molar-refractivity contribution in [3.63, 3.8) is 0 Å². The van der Waals surface area contributed by atoms with E-state index in [0.29, 0.717) is 12.4 Å². The lowest BCUT2D eigenvalue weighted by molar-refractivity contribution is -0.276. The van der Waals surface area contributed by atoms with Crippen LogP contribution in [0.2, 0.25) is 0 Å². The van der Waals surface area contributed by atoms with Gasteiger partial charge in [0.1, 0.15) is 5.75 Å². The molecule has 0 aliphatic carbocycles. The maximum absolute atomic E-state index is 13.6. The topological polar surface area (TPSA) is 55.8 Å². The number of phenolic OH excluding ortho intramolecular Hbond substituents is 1. The van der Waals surface area contributed by atoms with Crippen molar-refractivity contribution in [2.24, 2.45) is 5.92 Å². The molecule has 2 atom stereocenters. The van der Waals surface area contributed by atoms with Crippen LogP contribution in [-0.2, 0) is 20.0 Å². The number of benzene rings is 1. The van der Waals surface area contributed by atoms with E-state index in [1.54, 1.807) is 0 Å². The molecule has 1 N–H and O–H groups in total. The summed E-state index contributed by atoms with van der Waals surface area (Å²) in [5.41, 5.74) is 3.89. The normalized spacial score (nSPS) is 13.1. The van der Waals surface area contributed by atoms with E-state index in [9.17, 15) is 9.90 Å². The van der Waals surface area contributed by atoms with Gasteiger partial charge in [-0.1, -0.05) is 182 Å². The molecular weight excluding hydrogens is 625 g/mol. The fourth-order valence-corrected chi connectivity index (χ4v) is 8.41. The van der Waals surface area contributed by atoms with Gasteiger partial charge >= 0.3 is 5.97 Å². The van der Waals surface area contributed by atoms with Crippen LogP contribution in [0, 0.1) is 19.8 Å². The zero-order valence-corrected chi connectivity index (χ0v) is 34.5. The van der Waals surface area contributed by atoms with Crippen molar-refractivity contribution < 1.29 is 19.7 Å². The molecule has 0 heterocycles. The van der Waals surface area contributed by atoms with Crippen molar-refractivity contribution in [1.82, 2.24) is 0 Å². The first kappa shape index (κ1) is 45.8. The molecule has 0 aliphatic heterocycles. The third-order valence-corrected chi connectivity index (χ3v) is 11.8. The third kappa shape index (κ3) is 19.8. The van der Waals surface area contributed by atoms with E-state index < -0.39 is 0 Å². The molecule has 5 heteroatoms. The second-order valence-corrected chi connectivity index (χ2v) is 17.1. The van der Waals surface area contributed by atoms with Crippen molar-refractivity contribution in [2.75, 3.05) is 12.4 Å². The van der Waals surface area contributed by atoms with Crippen LogP contribution in [-0.4, -0.2) is 23.4 Å². The number of hydrogen-bond donors (Lipinski definition) is 1. The zero-order chi connectivity index (χ0) is 36.3. The molecule has 4 nitrogen and oxygen atoms in total. The lowest BCUT2D eigenvalue weighted by Gasteiger charge is -2.30. The minimum absolute atomic E-state index is 0.0400. The first-order chi connectivity index (χ1) is 23.6. The Morgan fingerprint density at radius 3 is 1.57 bits per heavy atom. The molecule has 1 aromatic rings. The van der Waals surface area contributed by atoms with E-state index in [4.69, 9.17) is 9.78 Å². The van der Waals surface area contributed by atoms with Gasteiger partial charge in [-0.2, -0.15) is 16.6 Å². The fourth-order valence-electron chi connectivity index (χ4n) is 6.89. The van der Waals surface area contributed by atoms with E-state index in [1.807, 2.05) is 18.7 Å². The monoisotopic (exact) mass is 705 g/mol. The van der Waals surface area contributed by atoms with Gasteiger partial charge < -0.3 is 5.11 Å². The summed E-state index contributed by atoms with van der Waals surface area (Å²) in [6, 6.07) is 2.18. The standard InChI is InChI=1S/C44H80O4S/c1-9-12-14-16-18-19-20-21-22-23-24-25-26-27-29-31-34-49-42(39-35-40(44(6,7)8)41(45)37(5)36(39)4)38(32-11-3)43(46)48-47-33-30-28-17-15-13-10-2/h35,38,42,45H,9-34H2,1-8H3. The van der Waals surface area contributed by atoms with Crippen LogP contribution in [0.15, 0.2) is 6.07 Å². The molecule has 0 aliphatic rings. The van der Waals surface area contributed by atoms with Crippen LogP contribution in [0.4, 0.5) is 0 Å². The second-order valence-electron chi connectivity index (χ2n) is 15.8. The molecule has 2 unspecified atom stereocenters. The van der Waals surface area contributed by atoms with E-state index in [0.717, 1.165) is 60.1 Å². The zero-order valence-electron chi connectivity index (χ0n) is 33.7. The second kappa shape index (κ2) is 28.4. The van der Waals surface area contributed by atoms with Crippen LogP contribution in [0.25, 0.3) is 0 Å². The Hall–Kier alpha value is -1.20. The van der Waals surface area contributed by atoms with Crippen molar-refractivity contribution in [3.05, 3.63) is 28.3 Å². The summed E-state index contributed by atoms with van der Waals surface area (Å²) in [6.45, 7) is 17.7. The van der Waals surface area contributed by atoms with Gasteiger partial charge in [-0.25, -0.2) is 4.79 Å². The first-order valence-corrected chi connectivity index (χ1v) is 21.9. The Balaban J connectivity index is 2.70. The number of hydrogen-bond acceptors (Lipinski definition) is 5. The van der Waals surface area contributed by atoms with Crippen LogP contribution >= 0.6 is 11.8 Å². The molecule has 1 aromatic carbocycles. The lowest BCUT2D eigenvalue weighted by Crippen LogP contribution is -2.25. The van der Waals surface area contributed by atoms with Gasteiger partial charge in [0.2, 0.25) is 0 Å². The van der Waals surface area contributed by atoms with Gasteiger partial charge in [0.15, 0.2) is 0 Å². The fraction of sp³-hybridized carbons (Fsp3) is 0.841. The number of rotatable bonds is 31. The number of carbonyl (C=O) groups excluding carboxylic acids is 1. The summed E-state index contributed by atoms with van der Waals surface area (Å²) in [4.78, 5) is 24.7. The van der Waals surface area contributed by atoms with Crippen molar-refractivity contribution >= 4 is 17.7 Å². The Morgan fingerprint density at radius 1 is 0.673 bits per heavy atom. The minimum atomic E-state index is -0.295. The molecule has 0 spiro atoms. The summed E-state index contributed by atoms with van der Waals surface area (Å²) in [5.74, 6) is 0.849. The molecule has 0 saturated heterocycles.